The van der Waals surface area contributed by atoms with Crippen LogP contribution >= 0.6 is 27.3 Å². The van der Waals surface area contributed by atoms with Crippen molar-refractivity contribution < 1.29 is 4.79 Å². The Kier molecular flexibility index (Phi) is 3.03. The maximum absolute atomic E-state index is 10.6. The first-order valence-electron chi connectivity index (χ1n) is 4.51. The van der Waals surface area contributed by atoms with E-state index < -0.39 is 0 Å². The van der Waals surface area contributed by atoms with E-state index in [9.17, 15) is 4.79 Å². The van der Waals surface area contributed by atoms with Gasteiger partial charge in [0.25, 0.3) is 0 Å². The Hall–Kier alpha value is -0.930. The lowest BCUT2D eigenvalue weighted by molar-refractivity contribution is 0.112. The van der Waals surface area contributed by atoms with Crippen LogP contribution in [0.15, 0.2) is 34.1 Å². The molecule has 0 aliphatic heterocycles. The molecule has 0 bridgehead atoms. The SMILES string of the molecule is Cc1cc(C=O)ccc1-c1sccc1Br. The number of thiophene rings is 1. The summed E-state index contributed by atoms with van der Waals surface area (Å²) >= 11 is 5.21. The van der Waals surface area contributed by atoms with Crippen molar-refractivity contribution >= 4 is 33.6 Å². The van der Waals surface area contributed by atoms with E-state index in [1.165, 1.54) is 10.4 Å². The number of aryl methyl sites for hydroxylation is 1. The van der Waals surface area contributed by atoms with E-state index in [4.69, 9.17) is 0 Å². The molecule has 0 fully saturated rings. The summed E-state index contributed by atoms with van der Waals surface area (Å²) in [5.74, 6) is 0. The third-order valence-electron chi connectivity index (χ3n) is 2.25. The summed E-state index contributed by atoms with van der Waals surface area (Å²) in [6.45, 7) is 2.02. The van der Waals surface area contributed by atoms with Crippen LogP contribution in [0.25, 0.3) is 10.4 Å². The van der Waals surface area contributed by atoms with Gasteiger partial charge in [-0.2, -0.15) is 0 Å². The molecule has 1 aromatic carbocycles. The fraction of sp³-hybridized carbons (Fsp3) is 0.0833. The number of hydrogen-bond donors (Lipinski definition) is 0. The molecule has 0 unspecified atom stereocenters. The van der Waals surface area contributed by atoms with Gasteiger partial charge >= 0.3 is 0 Å². The maximum atomic E-state index is 10.6. The van der Waals surface area contributed by atoms with E-state index >= 15 is 0 Å². The number of rotatable bonds is 2. The smallest absolute Gasteiger partial charge is 0.150 e. The third kappa shape index (κ3) is 2.03. The van der Waals surface area contributed by atoms with E-state index in [0.29, 0.717) is 0 Å². The number of carbonyl (C=O) groups is 1. The van der Waals surface area contributed by atoms with Crippen LogP contribution < -0.4 is 0 Å². The number of aldehydes is 1. The normalized spacial score (nSPS) is 10.3. The quantitative estimate of drug-likeness (QED) is 0.750. The summed E-state index contributed by atoms with van der Waals surface area (Å²) in [4.78, 5) is 11.8. The first-order chi connectivity index (χ1) is 7.22. The van der Waals surface area contributed by atoms with Crippen molar-refractivity contribution in [3.05, 3.63) is 45.2 Å². The fourth-order valence-electron chi connectivity index (χ4n) is 1.50. The van der Waals surface area contributed by atoms with Gasteiger partial charge in [-0.3, -0.25) is 4.79 Å². The molecule has 2 rings (SSSR count). The highest BCUT2D eigenvalue weighted by Crippen LogP contribution is 2.35. The summed E-state index contributed by atoms with van der Waals surface area (Å²) in [7, 11) is 0. The van der Waals surface area contributed by atoms with E-state index in [2.05, 4.69) is 15.9 Å². The van der Waals surface area contributed by atoms with Gasteiger partial charge in [-0.25, -0.2) is 0 Å². The van der Waals surface area contributed by atoms with Gasteiger partial charge in [0.2, 0.25) is 0 Å². The lowest BCUT2D eigenvalue weighted by Crippen LogP contribution is -1.85. The van der Waals surface area contributed by atoms with Crippen LogP contribution in [0, 0.1) is 6.92 Å². The average Bonchev–Trinajstić information content (AvgIpc) is 2.64. The molecular weight excluding hydrogens is 272 g/mol. The number of hydrogen-bond acceptors (Lipinski definition) is 2. The minimum Gasteiger partial charge on any atom is -0.298 e. The van der Waals surface area contributed by atoms with Crippen molar-refractivity contribution in [1.82, 2.24) is 0 Å². The van der Waals surface area contributed by atoms with Crippen LogP contribution in [-0.2, 0) is 0 Å². The van der Waals surface area contributed by atoms with Crippen molar-refractivity contribution in [3.8, 4) is 10.4 Å². The second-order valence-electron chi connectivity index (χ2n) is 3.29. The molecule has 0 atom stereocenters. The molecule has 3 heteroatoms. The average molecular weight is 281 g/mol. The topological polar surface area (TPSA) is 17.1 Å². The molecule has 0 saturated heterocycles. The summed E-state index contributed by atoms with van der Waals surface area (Å²) in [6.07, 6.45) is 0.875. The second kappa shape index (κ2) is 4.29. The van der Waals surface area contributed by atoms with E-state index in [1.54, 1.807) is 11.3 Å². The van der Waals surface area contributed by atoms with Crippen LogP contribution in [0.5, 0.6) is 0 Å². The Labute approximate surface area is 101 Å². The number of carbonyl (C=O) groups excluding carboxylic acids is 1. The first kappa shape index (κ1) is 10.6. The predicted octanol–water partition coefficient (Wildman–Crippen LogP) is 4.30. The van der Waals surface area contributed by atoms with Gasteiger partial charge in [0, 0.05) is 14.9 Å². The Morgan fingerprint density at radius 3 is 2.67 bits per heavy atom. The minimum atomic E-state index is 0.726. The fourth-order valence-corrected chi connectivity index (χ4v) is 3.18. The largest absolute Gasteiger partial charge is 0.298 e. The molecule has 76 valence electrons. The molecule has 0 spiro atoms. The Morgan fingerprint density at radius 1 is 1.33 bits per heavy atom. The lowest BCUT2D eigenvalue weighted by atomic mass is 10.0. The Morgan fingerprint density at radius 2 is 2.13 bits per heavy atom. The van der Waals surface area contributed by atoms with Crippen LogP contribution in [0.3, 0.4) is 0 Å². The van der Waals surface area contributed by atoms with Crippen molar-refractivity contribution in [2.75, 3.05) is 0 Å². The van der Waals surface area contributed by atoms with Gasteiger partial charge < -0.3 is 0 Å². The summed E-state index contributed by atoms with van der Waals surface area (Å²) < 4.78 is 1.11. The van der Waals surface area contributed by atoms with Crippen molar-refractivity contribution in [2.24, 2.45) is 0 Å². The van der Waals surface area contributed by atoms with Crippen LogP contribution in [0.2, 0.25) is 0 Å². The first-order valence-corrected chi connectivity index (χ1v) is 6.19. The standard InChI is InChI=1S/C12H9BrOS/c1-8-6-9(7-14)2-3-10(8)12-11(13)4-5-15-12/h2-7H,1H3. The Bertz CT molecular complexity index is 502. The summed E-state index contributed by atoms with van der Waals surface area (Å²) in [5, 5.41) is 2.05. The van der Waals surface area contributed by atoms with Crippen molar-refractivity contribution in [2.45, 2.75) is 6.92 Å². The van der Waals surface area contributed by atoms with Crippen LogP contribution in [-0.4, -0.2) is 6.29 Å². The van der Waals surface area contributed by atoms with Crippen LogP contribution in [0.4, 0.5) is 0 Å². The molecule has 2 aromatic rings. The highest BCUT2D eigenvalue weighted by atomic mass is 79.9. The molecule has 1 aromatic heterocycles. The highest BCUT2D eigenvalue weighted by Gasteiger charge is 2.07. The number of benzene rings is 1. The van der Waals surface area contributed by atoms with Gasteiger partial charge in [-0.15, -0.1) is 11.3 Å². The van der Waals surface area contributed by atoms with E-state index in [-0.39, 0.29) is 0 Å². The second-order valence-corrected chi connectivity index (χ2v) is 5.06. The maximum Gasteiger partial charge on any atom is 0.150 e. The summed E-state index contributed by atoms with van der Waals surface area (Å²) in [6, 6.07) is 7.79. The van der Waals surface area contributed by atoms with Crippen molar-refractivity contribution in [3.63, 3.8) is 0 Å². The highest BCUT2D eigenvalue weighted by molar-refractivity contribution is 9.10. The zero-order valence-corrected chi connectivity index (χ0v) is 10.6. The number of halogens is 1. The molecule has 0 aliphatic carbocycles. The molecule has 0 aliphatic rings. The molecule has 0 radical (unpaired) electrons. The molecule has 1 nitrogen and oxygen atoms in total. The van der Waals surface area contributed by atoms with Crippen LogP contribution in [0.1, 0.15) is 15.9 Å². The van der Waals surface area contributed by atoms with Gasteiger partial charge in [-0.1, -0.05) is 12.1 Å². The molecule has 0 N–H and O–H groups in total. The lowest BCUT2D eigenvalue weighted by Gasteiger charge is -2.04. The molecule has 0 saturated carbocycles. The molecule has 1 heterocycles. The molecule has 15 heavy (non-hydrogen) atoms. The summed E-state index contributed by atoms with van der Waals surface area (Å²) in [5.41, 5.74) is 3.04. The molecule has 0 amide bonds. The third-order valence-corrected chi connectivity index (χ3v) is 4.12. The van der Waals surface area contributed by atoms with Gasteiger partial charge in [0.15, 0.2) is 0 Å². The monoisotopic (exact) mass is 280 g/mol. The zero-order valence-electron chi connectivity index (χ0n) is 8.16. The minimum absolute atomic E-state index is 0.726. The Balaban J connectivity index is 2.55. The van der Waals surface area contributed by atoms with Crippen molar-refractivity contribution in [1.29, 1.82) is 0 Å². The zero-order chi connectivity index (χ0) is 10.8. The van der Waals surface area contributed by atoms with E-state index in [1.807, 2.05) is 36.6 Å². The van der Waals surface area contributed by atoms with Gasteiger partial charge in [-0.05, 0) is 51.5 Å². The van der Waals surface area contributed by atoms with Gasteiger partial charge in [0.1, 0.15) is 6.29 Å². The van der Waals surface area contributed by atoms with E-state index in [0.717, 1.165) is 21.9 Å². The van der Waals surface area contributed by atoms with Gasteiger partial charge in [0.05, 0.1) is 0 Å². The predicted molar refractivity (Wildman–Crippen MR) is 67.6 cm³/mol. The molecular formula is C12H9BrOS.